The molecule has 0 bridgehead atoms. The maximum absolute atomic E-state index is 6.24. The van der Waals surface area contributed by atoms with Crippen LogP contribution in [0.2, 0.25) is 5.02 Å². The van der Waals surface area contributed by atoms with Crippen molar-refractivity contribution in [3.63, 3.8) is 0 Å². The Morgan fingerprint density at radius 3 is 2.72 bits per heavy atom. The maximum atomic E-state index is 6.24. The molecular weight excluding hydrogens is 250 g/mol. The first kappa shape index (κ1) is 15.4. The lowest BCUT2D eigenvalue weighted by Crippen LogP contribution is -2.35. The van der Waals surface area contributed by atoms with Crippen LogP contribution >= 0.6 is 11.6 Å². The number of halogens is 1. The number of nitrogens with one attached hydrogen (secondary N) is 1. The van der Waals surface area contributed by atoms with Gasteiger partial charge in [0.05, 0.1) is 29.5 Å². The molecule has 0 aliphatic heterocycles. The van der Waals surface area contributed by atoms with Crippen LogP contribution in [0.5, 0.6) is 0 Å². The third kappa shape index (κ3) is 3.68. The molecule has 0 saturated heterocycles. The SMILES string of the molecule is CCC(C)C(NN)c1c(Cl)cnn1CCN(C)C. The van der Waals surface area contributed by atoms with Crippen LogP contribution in [0.1, 0.15) is 32.0 Å². The summed E-state index contributed by atoms with van der Waals surface area (Å²) in [7, 11) is 4.08. The van der Waals surface area contributed by atoms with Crippen molar-refractivity contribution in [2.45, 2.75) is 32.9 Å². The molecule has 0 radical (unpaired) electrons. The summed E-state index contributed by atoms with van der Waals surface area (Å²) in [4.78, 5) is 2.12. The average Bonchev–Trinajstić information content (AvgIpc) is 2.69. The van der Waals surface area contributed by atoms with Gasteiger partial charge in [-0.3, -0.25) is 16.0 Å². The Hall–Kier alpha value is -0.620. The molecule has 0 spiro atoms. The molecule has 18 heavy (non-hydrogen) atoms. The number of hydrazine groups is 1. The van der Waals surface area contributed by atoms with Gasteiger partial charge in [0.15, 0.2) is 0 Å². The average molecular weight is 274 g/mol. The summed E-state index contributed by atoms with van der Waals surface area (Å²) >= 11 is 6.24. The predicted octanol–water partition coefficient (Wildman–Crippen LogP) is 1.65. The van der Waals surface area contributed by atoms with Crippen molar-refractivity contribution < 1.29 is 0 Å². The van der Waals surface area contributed by atoms with Crippen LogP contribution in [0.3, 0.4) is 0 Å². The van der Waals surface area contributed by atoms with E-state index in [0.717, 1.165) is 25.2 Å². The molecule has 0 amide bonds. The quantitative estimate of drug-likeness (QED) is 0.586. The van der Waals surface area contributed by atoms with E-state index in [1.165, 1.54) is 0 Å². The normalized spacial score (nSPS) is 15.1. The fourth-order valence-electron chi connectivity index (χ4n) is 1.90. The number of nitrogens with two attached hydrogens (primary N) is 1. The molecule has 0 saturated carbocycles. The Morgan fingerprint density at radius 1 is 1.56 bits per heavy atom. The van der Waals surface area contributed by atoms with Gasteiger partial charge >= 0.3 is 0 Å². The highest BCUT2D eigenvalue weighted by Gasteiger charge is 2.23. The summed E-state index contributed by atoms with van der Waals surface area (Å²) in [5, 5.41) is 5.01. The van der Waals surface area contributed by atoms with E-state index >= 15 is 0 Å². The van der Waals surface area contributed by atoms with Gasteiger partial charge in [-0.25, -0.2) is 0 Å². The topological polar surface area (TPSA) is 59.1 Å². The summed E-state index contributed by atoms with van der Waals surface area (Å²) in [6.45, 7) is 6.03. The highest BCUT2D eigenvalue weighted by molar-refractivity contribution is 6.31. The zero-order valence-electron chi connectivity index (χ0n) is 11.7. The van der Waals surface area contributed by atoms with Gasteiger partial charge in [-0.05, 0) is 20.0 Å². The number of rotatable bonds is 7. The van der Waals surface area contributed by atoms with Crippen LogP contribution in [0.25, 0.3) is 0 Å². The Labute approximate surface area is 114 Å². The van der Waals surface area contributed by atoms with Crippen LogP contribution in [0.15, 0.2) is 6.20 Å². The monoisotopic (exact) mass is 273 g/mol. The van der Waals surface area contributed by atoms with E-state index in [2.05, 4.69) is 29.3 Å². The van der Waals surface area contributed by atoms with Crippen molar-refractivity contribution in [1.29, 1.82) is 0 Å². The van der Waals surface area contributed by atoms with Crippen LogP contribution in [-0.2, 0) is 6.54 Å². The fourth-order valence-corrected chi connectivity index (χ4v) is 2.16. The van der Waals surface area contributed by atoms with Crippen molar-refractivity contribution in [3.05, 3.63) is 16.9 Å². The Kier molecular flexibility index (Phi) is 6.08. The molecule has 0 fully saturated rings. The summed E-state index contributed by atoms with van der Waals surface area (Å²) in [6, 6.07) is 0.0344. The number of likely N-dealkylation sites (N-methyl/N-ethyl adjacent to an activating group) is 1. The Balaban J connectivity index is 2.94. The lowest BCUT2D eigenvalue weighted by atomic mass is 9.97. The summed E-state index contributed by atoms with van der Waals surface area (Å²) in [5.74, 6) is 6.08. The minimum absolute atomic E-state index is 0.0344. The molecule has 3 N–H and O–H groups in total. The number of hydrogen-bond donors (Lipinski definition) is 2. The Morgan fingerprint density at radius 2 is 2.22 bits per heavy atom. The third-order valence-electron chi connectivity index (χ3n) is 3.28. The standard InChI is InChI=1S/C12H24ClN5/c1-5-9(2)11(16-14)12-10(13)8-15-18(12)7-6-17(3)4/h8-9,11,16H,5-7,14H2,1-4H3. The molecule has 5 nitrogen and oxygen atoms in total. The van der Waals surface area contributed by atoms with Crippen LogP contribution < -0.4 is 11.3 Å². The van der Waals surface area contributed by atoms with Crippen LogP contribution in [-0.4, -0.2) is 35.3 Å². The largest absolute Gasteiger partial charge is 0.308 e. The second kappa shape index (κ2) is 7.09. The predicted molar refractivity (Wildman–Crippen MR) is 75.3 cm³/mol. The second-order valence-corrected chi connectivity index (χ2v) is 5.34. The van der Waals surface area contributed by atoms with Crippen molar-refractivity contribution in [2.75, 3.05) is 20.6 Å². The zero-order chi connectivity index (χ0) is 13.7. The van der Waals surface area contributed by atoms with Gasteiger partial charge < -0.3 is 4.90 Å². The van der Waals surface area contributed by atoms with Gasteiger partial charge in [0.2, 0.25) is 0 Å². The minimum Gasteiger partial charge on any atom is -0.308 e. The van der Waals surface area contributed by atoms with Crippen molar-refractivity contribution in [1.82, 2.24) is 20.1 Å². The minimum atomic E-state index is 0.0344. The molecule has 0 aliphatic carbocycles. The highest BCUT2D eigenvalue weighted by atomic mass is 35.5. The molecule has 6 heteroatoms. The molecule has 1 aromatic rings. The van der Waals surface area contributed by atoms with E-state index in [-0.39, 0.29) is 6.04 Å². The van der Waals surface area contributed by atoms with Gasteiger partial charge in [0.1, 0.15) is 0 Å². The number of hydrogen-bond acceptors (Lipinski definition) is 4. The third-order valence-corrected chi connectivity index (χ3v) is 3.57. The van der Waals surface area contributed by atoms with E-state index < -0.39 is 0 Å². The first-order valence-electron chi connectivity index (χ1n) is 6.33. The summed E-state index contributed by atoms with van der Waals surface area (Å²) in [6.07, 6.45) is 2.73. The molecule has 1 rings (SSSR count). The molecule has 104 valence electrons. The molecular formula is C12H24ClN5. The van der Waals surface area contributed by atoms with E-state index in [1.807, 2.05) is 18.8 Å². The first-order valence-corrected chi connectivity index (χ1v) is 6.71. The smallest absolute Gasteiger partial charge is 0.0834 e. The van der Waals surface area contributed by atoms with Gasteiger partial charge in [-0.15, -0.1) is 0 Å². The van der Waals surface area contributed by atoms with Crippen molar-refractivity contribution >= 4 is 11.6 Å². The molecule has 0 aliphatic rings. The first-order chi connectivity index (χ1) is 8.51. The lowest BCUT2D eigenvalue weighted by molar-refractivity contribution is 0.333. The molecule has 2 atom stereocenters. The van der Waals surface area contributed by atoms with Crippen molar-refractivity contribution in [2.24, 2.45) is 11.8 Å². The summed E-state index contributed by atoms with van der Waals surface area (Å²) in [5.41, 5.74) is 3.85. The maximum Gasteiger partial charge on any atom is 0.0834 e. The van der Waals surface area contributed by atoms with Crippen LogP contribution in [0.4, 0.5) is 0 Å². The van der Waals surface area contributed by atoms with Crippen molar-refractivity contribution in [3.8, 4) is 0 Å². The highest BCUT2D eigenvalue weighted by Crippen LogP contribution is 2.29. The zero-order valence-corrected chi connectivity index (χ0v) is 12.4. The van der Waals surface area contributed by atoms with E-state index in [9.17, 15) is 0 Å². The molecule has 0 aromatic carbocycles. The van der Waals surface area contributed by atoms with E-state index in [4.69, 9.17) is 17.4 Å². The van der Waals surface area contributed by atoms with Gasteiger partial charge in [-0.1, -0.05) is 31.9 Å². The van der Waals surface area contributed by atoms with Crippen LogP contribution in [0, 0.1) is 5.92 Å². The van der Waals surface area contributed by atoms with Gasteiger partial charge in [0.25, 0.3) is 0 Å². The second-order valence-electron chi connectivity index (χ2n) is 4.93. The molecule has 2 unspecified atom stereocenters. The van der Waals surface area contributed by atoms with E-state index in [1.54, 1.807) is 6.20 Å². The summed E-state index contributed by atoms with van der Waals surface area (Å²) < 4.78 is 1.94. The molecule has 1 heterocycles. The Bertz CT molecular complexity index is 363. The van der Waals surface area contributed by atoms with Gasteiger partial charge in [0, 0.05) is 6.54 Å². The lowest BCUT2D eigenvalue weighted by Gasteiger charge is -2.24. The van der Waals surface area contributed by atoms with E-state index in [0.29, 0.717) is 10.9 Å². The number of aromatic nitrogens is 2. The number of nitrogens with zero attached hydrogens (tertiary/aromatic N) is 3. The van der Waals surface area contributed by atoms with Gasteiger partial charge in [-0.2, -0.15) is 5.10 Å². The molecule has 1 aromatic heterocycles. The fraction of sp³-hybridized carbons (Fsp3) is 0.750.